The maximum Gasteiger partial charge on any atom is 0.350 e. The summed E-state index contributed by atoms with van der Waals surface area (Å²) in [7, 11) is 0. The summed E-state index contributed by atoms with van der Waals surface area (Å²) in [5.41, 5.74) is -1.47. The number of unbranched alkanes of at least 4 members (excludes halogenated alkanes) is 6. The third kappa shape index (κ3) is 16.4. The summed E-state index contributed by atoms with van der Waals surface area (Å²) < 4.78 is 17.0. The molecule has 0 aliphatic heterocycles. The van der Waals surface area contributed by atoms with Crippen LogP contribution < -0.4 is 0 Å². The van der Waals surface area contributed by atoms with Crippen LogP contribution in [0.4, 0.5) is 0 Å². The SMILES string of the molecule is C=CC(=O)OC1(C(=O)OCC(C)CCCCCCC(C)C)CCCC(C(=O)OCC(C)CCCCCCC(C)C)C1. The lowest BCUT2D eigenvalue weighted by atomic mass is 9.77. The zero-order valence-corrected chi connectivity index (χ0v) is 27.3. The van der Waals surface area contributed by atoms with Gasteiger partial charge in [0, 0.05) is 12.5 Å². The molecule has 41 heavy (non-hydrogen) atoms. The lowest BCUT2D eigenvalue weighted by Crippen LogP contribution is -2.49. The maximum atomic E-state index is 13.3. The molecule has 4 unspecified atom stereocenters. The van der Waals surface area contributed by atoms with Crippen molar-refractivity contribution in [2.45, 2.75) is 150 Å². The standard InChI is InChI=1S/C35H62O6/c1-8-32(36)41-35(34(38)40-26-30(7)21-16-12-10-14-19-28(4)5)23-17-22-31(24-35)33(37)39-25-29(6)20-15-11-9-13-18-27(2)3/h8,27-31H,1,9-26H2,2-7H3. The molecule has 0 aromatic carbocycles. The van der Waals surface area contributed by atoms with E-state index in [0.29, 0.717) is 25.9 Å². The molecule has 0 N–H and O–H groups in total. The topological polar surface area (TPSA) is 78.9 Å². The van der Waals surface area contributed by atoms with Crippen molar-refractivity contribution in [3.05, 3.63) is 12.7 Å². The Hall–Kier alpha value is -1.85. The van der Waals surface area contributed by atoms with Crippen molar-refractivity contribution in [3.63, 3.8) is 0 Å². The molecule has 6 heteroatoms. The van der Waals surface area contributed by atoms with Gasteiger partial charge < -0.3 is 14.2 Å². The highest BCUT2D eigenvalue weighted by Gasteiger charge is 2.49. The molecule has 1 saturated carbocycles. The van der Waals surface area contributed by atoms with Crippen LogP contribution in [0.3, 0.4) is 0 Å². The predicted molar refractivity (Wildman–Crippen MR) is 166 cm³/mol. The molecule has 0 aromatic heterocycles. The second-order valence-electron chi connectivity index (χ2n) is 13.6. The van der Waals surface area contributed by atoms with E-state index >= 15 is 0 Å². The quantitative estimate of drug-likeness (QED) is 0.0552. The first-order valence-electron chi connectivity index (χ1n) is 16.7. The number of carbonyl (C=O) groups excluding carboxylic acids is 3. The van der Waals surface area contributed by atoms with Gasteiger partial charge in [0.2, 0.25) is 5.60 Å². The number of rotatable bonds is 22. The highest BCUT2D eigenvalue weighted by Crippen LogP contribution is 2.38. The molecular formula is C35H62O6. The van der Waals surface area contributed by atoms with E-state index in [2.05, 4.69) is 48.1 Å². The van der Waals surface area contributed by atoms with Gasteiger partial charge in [0.15, 0.2) is 0 Å². The minimum absolute atomic E-state index is 0.0959. The van der Waals surface area contributed by atoms with Gasteiger partial charge in [-0.05, 0) is 55.8 Å². The highest BCUT2D eigenvalue weighted by molar-refractivity contribution is 5.88. The molecule has 0 bridgehead atoms. The molecule has 0 saturated heterocycles. The van der Waals surface area contributed by atoms with Crippen molar-refractivity contribution >= 4 is 17.9 Å². The van der Waals surface area contributed by atoms with Crippen LogP contribution in [0.1, 0.15) is 144 Å². The maximum absolute atomic E-state index is 13.3. The Labute approximate surface area is 251 Å². The second-order valence-corrected chi connectivity index (χ2v) is 13.6. The van der Waals surface area contributed by atoms with E-state index in [9.17, 15) is 14.4 Å². The minimum atomic E-state index is -1.47. The van der Waals surface area contributed by atoms with Crippen molar-refractivity contribution in [2.24, 2.45) is 29.6 Å². The molecule has 1 aliphatic rings. The van der Waals surface area contributed by atoms with Crippen LogP contribution in [0.25, 0.3) is 0 Å². The van der Waals surface area contributed by atoms with E-state index in [4.69, 9.17) is 14.2 Å². The normalized spacial score (nSPS) is 20.4. The van der Waals surface area contributed by atoms with Gasteiger partial charge in [-0.1, -0.05) is 112 Å². The fourth-order valence-corrected chi connectivity index (χ4v) is 5.65. The number of ether oxygens (including phenoxy) is 3. The van der Waals surface area contributed by atoms with Crippen LogP contribution in [0.5, 0.6) is 0 Å². The summed E-state index contributed by atoms with van der Waals surface area (Å²) in [5.74, 6) is -0.0230. The summed E-state index contributed by atoms with van der Waals surface area (Å²) in [6, 6.07) is 0. The first kappa shape index (κ1) is 37.2. The van der Waals surface area contributed by atoms with E-state index in [1.165, 1.54) is 51.4 Å². The first-order valence-corrected chi connectivity index (χ1v) is 16.7. The summed E-state index contributed by atoms with van der Waals surface area (Å²) in [5, 5.41) is 0. The fourth-order valence-electron chi connectivity index (χ4n) is 5.65. The number of hydrogen-bond donors (Lipinski definition) is 0. The van der Waals surface area contributed by atoms with Gasteiger partial charge in [0.05, 0.1) is 19.1 Å². The van der Waals surface area contributed by atoms with Crippen LogP contribution >= 0.6 is 0 Å². The van der Waals surface area contributed by atoms with Crippen molar-refractivity contribution in [1.82, 2.24) is 0 Å². The lowest BCUT2D eigenvalue weighted by Gasteiger charge is -2.37. The molecule has 1 aliphatic carbocycles. The smallest absolute Gasteiger partial charge is 0.350 e. The van der Waals surface area contributed by atoms with Crippen molar-refractivity contribution in [1.29, 1.82) is 0 Å². The number of esters is 3. The van der Waals surface area contributed by atoms with Gasteiger partial charge in [-0.15, -0.1) is 0 Å². The van der Waals surface area contributed by atoms with E-state index in [-0.39, 0.29) is 30.8 Å². The Kier molecular flexibility index (Phi) is 19.0. The second kappa shape index (κ2) is 20.9. The summed E-state index contributed by atoms with van der Waals surface area (Å²) in [6.07, 6.45) is 16.9. The number of carbonyl (C=O) groups is 3. The average Bonchev–Trinajstić information content (AvgIpc) is 2.93. The van der Waals surface area contributed by atoms with E-state index in [1.54, 1.807) is 0 Å². The third-order valence-electron chi connectivity index (χ3n) is 8.34. The van der Waals surface area contributed by atoms with Crippen LogP contribution in [-0.4, -0.2) is 36.7 Å². The largest absolute Gasteiger partial charge is 0.465 e. The Morgan fingerprint density at radius 3 is 1.73 bits per heavy atom. The summed E-state index contributed by atoms with van der Waals surface area (Å²) >= 11 is 0. The Balaban J connectivity index is 2.55. The summed E-state index contributed by atoms with van der Waals surface area (Å²) in [4.78, 5) is 38.6. The number of hydrogen-bond acceptors (Lipinski definition) is 6. The molecule has 238 valence electrons. The molecule has 0 heterocycles. The van der Waals surface area contributed by atoms with Crippen LogP contribution in [-0.2, 0) is 28.6 Å². The molecular weight excluding hydrogens is 516 g/mol. The van der Waals surface area contributed by atoms with Crippen molar-refractivity contribution < 1.29 is 28.6 Å². The van der Waals surface area contributed by atoms with Crippen molar-refractivity contribution in [2.75, 3.05) is 13.2 Å². The lowest BCUT2D eigenvalue weighted by molar-refractivity contribution is -0.189. The molecule has 0 radical (unpaired) electrons. The zero-order chi connectivity index (χ0) is 30.7. The molecule has 0 spiro atoms. The Morgan fingerprint density at radius 2 is 1.24 bits per heavy atom. The molecule has 1 fully saturated rings. The Morgan fingerprint density at radius 1 is 0.756 bits per heavy atom. The van der Waals surface area contributed by atoms with Crippen molar-refractivity contribution in [3.8, 4) is 0 Å². The molecule has 1 rings (SSSR count). The molecule has 4 atom stereocenters. The first-order chi connectivity index (χ1) is 19.5. The summed E-state index contributed by atoms with van der Waals surface area (Å²) in [6.45, 7) is 17.4. The van der Waals surface area contributed by atoms with Gasteiger partial charge in [-0.25, -0.2) is 9.59 Å². The van der Waals surface area contributed by atoms with Crippen LogP contribution in [0.2, 0.25) is 0 Å². The van der Waals surface area contributed by atoms with E-state index in [1.807, 2.05) is 0 Å². The van der Waals surface area contributed by atoms with E-state index < -0.39 is 23.5 Å². The van der Waals surface area contributed by atoms with Crippen LogP contribution in [0.15, 0.2) is 12.7 Å². The third-order valence-corrected chi connectivity index (χ3v) is 8.34. The van der Waals surface area contributed by atoms with Gasteiger partial charge in [-0.3, -0.25) is 4.79 Å². The minimum Gasteiger partial charge on any atom is -0.465 e. The molecule has 0 aromatic rings. The van der Waals surface area contributed by atoms with Gasteiger partial charge in [0.25, 0.3) is 0 Å². The van der Waals surface area contributed by atoms with Crippen LogP contribution in [0, 0.1) is 29.6 Å². The average molecular weight is 579 g/mol. The van der Waals surface area contributed by atoms with Gasteiger partial charge in [0.1, 0.15) is 0 Å². The van der Waals surface area contributed by atoms with Gasteiger partial charge >= 0.3 is 17.9 Å². The highest BCUT2D eigenvalue weighted by atomic mass is 16.6. The fraction of sp³-hybridized carbons (Fsp3) is 0.857. The monoisotopic (exact) mass is 578 g/mol. The molecule has 6 nitrogen and oxygen atoms in total. The van der Waals surface area contributed by atoms with E-state index in [0.717, 1.165) is 43.6 Å². The molecule has 0 amide bonds. The van der Waals surface area contributed by atoms with Gasteiger partial charge in [-0.2, -0.15) is 0 Å². The zero-order valence-electron chi connectivity index (χ0n) is 27.3. The predicted octanol–water partition coefficient (Wildman–Crippen LogP) is 9.00. The Bertz CT molecular complexity index is 760.